The van der Waals surface area contributed by atoms with Crippen molar-refractivity contribution in [2.45, 2.75) is 50.6 Å². The molecule has 0 aliphatic heterocycles. The van der Waals surface area contributed by atoms with E-state index in [1.165, 1.54) is 48.8 Å². The van der Waals surface area contributed by atoms with Gasteiger partial charge >= 0.3 is 0 Å². The molecule has 1 aromatic carbocycles. The molecule has 2 aliphatic rings. The van der Waals surface area contributed by atoms with Crippen LogP contribution >= 0.6 is 15.9 Å². The van der Waals surface area contributed by atoms with Crippen LogP contribution in [-0.4, -0.2) is 36.6 Å². The molecule has 0 saturated heterocycles. The molecule has 0 amide bonds. The van der Waals surface area contributed by atoms with Gasteiger partial charge in [0.1, 0.15) is 0 Å². The number of hydrogen-bond donors (Lipinski definition) is 1. The average molecular weight is 337 g/mol. The number of nitrogens with zero attached hydrogens (tertiary/aromatic N) is 1. The van der Waals surface area contributed by atoms with Crippen molar-refractivity contribution in [1.82, 2.24) is 10.2 Å². The van der Waals surface area contributed by atoms with E-state index in [-0.39, 0.29) is 0 Å². The Labute approximate surface area is 131 Å². The Hall–Kier alpha value is -0.380. The topological polar surface area (TPSA) is 15.3 Å². The molecule has 0 spiro atoms. The van der Waals surface area contributed by atoms with E-state index in [1.807, 2.05) is 0 Å². The highest BCUT2D eigenvalue weighted by molar-refractivity contribution is 9.10. The summed E-state index contributed by atoms with van der Waals surface area (Å²) in [5.74, 6) is 0.770. The zero-order valence-electron chi connectivity index (χ0n) is 12.3. The molecule has 0 aromatic heterocycles. The molecular formula is C17H25BrN2. The third-order valence-corrected chi connectivity index (χ3v) is 5.31. The maximum absolute atomic E-state index is 3.73. The van der Waals surface area contributed by atoms with Crippen molar-refractivity contribution in [3.05, 3.63) is 34.3 Å². The molecule has 2 fully saturated rings. The standard InChI is InChI=1S/C17H25BrN2/c1-2-20(17-7-8-17)10-9-19-16-11-14(12-16)13-3-5-15(18)6-4-13/h3-6,14,16-17,19H,2,7-12H2,1H3. The van der Waals surface area contributed by atoms with Gasteiger partial charge in [-0.2, -0.15) is 0 Å². The van der Waals surface area contributed by atoms with Crippen LogP contribution < -0.4 is 5.32 Å². The molecule has 0 radical (unpaired) electrons. The highest BCUT2D eigenvalue weighted by Crippen LogP contribution is 2.37. The number of nitrogens with one attached hydrogen (secondary N) is 1. The number of hydrogen-bond acceptors (Lipinski definition) is 2. The lowest BCUT2D eigenvalue weighted by molar-refractivity contribution is 0.244. The van der Waals surface area contributed by atoms with Gasteiger partial charge in [0.15, 0.2) is 0 Å². The summed E-state index contributed by atoms with van der Waals surface area (Å²) in [6.45, 7) is 5.87. The van der Waals surface area contributed by atoms with E-state index in [1.54, 1.807) is 0 Å². The highest BCUT2D eigenvalue weighted by atomic mass is 79.9. The SMILES string of the molecule is CCN(CCNC1CC(c2ccc(Br)cc2)C1)C1CC1. The van der Waals surface area contributed by atoms with Crippen LogP contribution in [0.15, 0.2) is 28.7 Å². The van der Waals surface area contributed by atoms with Crippen LogP contribution in [0.5, 0.6) is 0 Å². The lowest BCUT2D eigenvalue weighted by Gasteiger charge is -2.37. The van der Waals surface area contributed by atoms with Gasteiger partial charge in [0.2, 0.25) is 0 Å². The fourth-order valence-corrected chi connectivity index (χ4v) is 3.51. The second-order valence-electron chi connectivity index (χ2n) is 6.23. The van der Waals surface area contributed by atoms with Crippen LogP contribution in [-0.2, 0) is 0 Å². The maximum atomic E-state index is 3.73. The molecule has 0 unspecified atom stereocenters. The molecule has 0 atom stereocenters. The van der Waals surface area contributed by atoms with Gasteiger partial charge in [-0.3, -0.25) is 4.90 Å². The van der Waals surface area contributed by atoms with E-state index in [0.29, 0.717) is 0 Å². The first kappa shape index (κ1) is 14.6. The summed E-state index contributed by atoms with van der Waals surface area (Å²) in [5, 5.41) is 3.73. The molecule has 3 heteroatoms. The van der Waals surface area contributed by atoms with Crippen LogP contribution in [0.3, 0.4) is 0 Å². The average Bonchev–Trinajstić information content (AvgIpc) is 3.23. The van der Waals surface area contributed by atoms with Gasteiger partial charge in [-0.25, -0.2) is 0 Å². The molecule has 3 rings (SSSR count). The third-order valence-electron chi connectivity index (χ3n) is 4.78. The van der Waals surface area contributed by atoms with E-state index < -0.39 is 0 Å². The van der Waals surface area contributed by atoms with Gasteiger partial charge in [-0.1, -0.05) is 35.0 Å². The third kappa shape index (κ3) is 3.63. The lowest BCUT2D eigenvalue weighted by atomic mass is 9.76. The molecule has 2 saturated carbocycles. The first-order chi connectivity index (χ1) is 9.76. The van der Waals surface area contributed by atoms with E-state index in [2.05, 4.69) is 57.3 Å². The van der Waals surface area contributed by atoms with Gasteiger partial charge in [0.05, 0.1) is 0 Å². The minimum Gasteiger partial charge on any atom is -0.313 e. The lowest BCUT2D eigenvalue weighted by Crippen LogP contribution is -2.43. The Bertz CT molecular complexity index is 421. The first-order valence-electron chi connectivity index (χ1n) is 7.99. The monoisotopic (exact) mass is 336 g/mol. The van der Waals surface area contributed by atoms with Gasteiger partial charge in [0, 0.05) is 29.6 Å². The molecule has 2 nitrogen and oxygen atoms in total. The number of rotatable bonds is 7. The summed E-state index contributed by atoms with van der Waals surface area (Å²) >= 11 is 3.50. The maximum Gasteiger partial charge on any atom is 0.0175 e. The second-order valence-corrected chi connectivity index (χ2v) is 7.15. The van der Waals surface area contributed by atoms with Crippen molar-refractivity contribution in [3.63, 3.8) is 0 Å². The molecule has 0 bridgehead atoms. The van der Waals surface area contributed by atoms with Gasteiger partial charge < -0.3 is 5.32 Å². The minimum absolute atomic E-state index is 0.738. The molecule has 1 N–H and O–H groups in total. The van der Waals surface area contributed by atoms with Crippen LogP contribution in [0.2, 0.25) is 0 Å². The van der Waals surface area contributed by atoms with Crippen LogP contribution in [0, 0.1) is 0 Å². The molecule has 110 valence electrons. The summed E-state index contributed by atoms with van der Waals surface area (Å²) in [4.78, 5) is 2.62. The zero-order valence-corrected chi connectivity index (χ0v) is 13.9. The Kier molecular flexibility index (Phi) is 4.79. The summed E-state index contributed by atoms with van der Waals surface area (Å²) in [7, 11) is 0. The smallest absolute Gasteiger partial charge is 0.0175 e. The summed E-state index contributed by atoms with van der Waals surface area (Å²) in [6.07, 6.45) is 5.44. The van der Waals surface area contributed by atoms with Crippen molar-refractivity contribution in [3.8, 4) is 0 Å². The Morgan fingerprint density at radius 1 is 1.20 bits per heavy atom. The van der Waals surface area contributed by atoms with Crippen LogP contribution in [0.4, 0.5) is 0 Å². The predicted molar refractivity (Wildman–Crippen MR) is 88.2 cm³/mol. The summed E-state index contributed by atoms with van der Waals surface area (Å²) in [5.41, 5.74) is 1.50. The fourth-order valence-electron chi connectivity index (χ4n) is 3.24. The number of halogens is 1. The van der Waals surface area contributed by atoms with Crippen molar-refractivity contribution in [2.75, 3.05) is 19.6 Å². The van der Waals surface area contributed by atoms with E-state index in [0.717, 1.165) is 24.5 Å². The van der Waals surface area contributed by atoms with E-state index in [4.69, 9.17) is 0 Å². The molecule has 1 aromatic rings. The van der Waals surface area contributed by atoms with Crippen molar-refractivity contribution in [1.29, 1.82) is 0 Å². The van der Waals surface area contributed by atoms with Crippen LogP contribution in [0.1, 0.15) is 44.1 Å². The van der Waals surface area contributed by atoms with Gasteiger partial charge in [-0.05, 0) is 55.8 Å². The van der Waals surface area contributed by atoms with Crippen molar-refractivity contribution in [2.24, 2.45) is 0 Å². The Balaban J connectivity index is 1.35. The summed E-state index contributed by atoms with van der Waals surface area (Å²) in [6, 6.07) is 10.5. The van der Waals surface area contributed by atoms with Crippen LogP contribution in [0.25, 0.3) is 0 Å². The van der Waals surface area contributed by atoms with Crippen molar-refractivity contribution < 1.29 is 0 Å². The van der Waals surface area contributed by atoms with E-state index >= 15 is 0 Å². The quantitative estimate of drug-likeness (QED) is 0.815. The van der Waals surface area contributed by atoms with Crippen molar-refractivity contribution >= 4 is 15.9 Å². The number of likely N-dealkylation sites (N-methyl/N-ethyl adjacent to an activating group) is 1. The zero-order chi connectivity index (χ0) is 13.9. The molecule has 2 aliphatic carbocycles. The summed E-state index contributed by atoms with van der Waals surface area (Å²) < 4.78 is 1.18. The Morgan fingerprint density at radius 2 is 1.90 bits per heavy atom. The van der Waals surface area contributed by atoms with E-state index in [9.17, 15) is 0 Å². The highest BCUT2D eigenvalue weighted by Gasteiger charge is 2.31. The molecular weight excluding hydrogens is 312 g/mol. The van der Waals surface area contributed by atoms with Gasteiger partial charge in [-0.15, -0.1) is 0 Å². The minimum atomic E-state index is 0.738. The van der Waals surface area contributed by atoms with Gasteiger partial charge in [0.25, 0.3) is 0 Å². The number of benzene rings is 1. The predicted octanol–water partition coefficient (Wildman–Crippen LogP) is 3.77. The molecule has 0 heterocycles. The Morgan fingerprint density at radius 3 is 2.50 bits per heavy atom. The second kappa shape index (κ2) is 6.59. The largest absolute Gasteiger partial charge is 0.313 e. The fraction of sp³-hybridized carbons (Fsp3) is 0.647. The normalized spacial score (nSPS) is 25.8. The first-order valence-corrected chi connectivity index (χ1v) is 8.78. The molecule has 20 heavy (non-hydrogen) atoms.